The lowest BCUT2D eigenvalue weighted by Gasteiger charge is -2.22. The van der Waals surface area contributed by atoms with Crippen molar-refractivity contribution in [2.24, 2.45) is 25.7 Å². The summed E-state index contributed by atoms with van der Waals surface area (Å²) in [6, 6.07) is 54.4. The van der Waals surface area contributed by atoms with Crippen LogP contribution in [0.3, 0.4) is 0 Å². The van der Waals surface area contributed by atoms with E-state index in [1.165, 1.54) is 28.4 Å². The minimum Gasteiger partial charge on any atom is -0.493 e. The summed E-state index contributed by atoms with van der Waals surface area (Å²) in [4.78, 5) is 200. The molecule has 768 valence electrons. The number of Topliss-reactive ketones (excluding diaryl/α,β-unsaturated/α-hetero) is 4. The van der Waals surface area contributed by atoms with E-state index in [4.69, 9.17) is 49.1 Å². The van der Waals surface area contributed by atoms with Crippen molar-refractivity contribution in [2.75, 3.05) is 74.2 Å². The fourth-order valence-corrected chi connectivity index (χ4v) is 18.3. The Bertz CT molecular complexity index is 6990. The minimum atomic E-state index is -1.09. The highest BCUT2D eigenvalue weighted by Crippen LogP contribution is 2.47. The molecule has 8 heterocycles. The first-order valence-electron chi connectivity index (χ1n) is 47.4. The average molecular weight is 2010 g/mol. The molecule has 4 atom stereocenters. The number of nitrogens with one attached hydrogen (secondary N) is 3. The largest absolute Gasteiger partial charge is 0.493 e. The SMILES string of the molecule is C.C.C.COC(=O)CCCC(=O)CNC(=O)CCC(=O)CN.COC(=O)CCNC(=O)CCC(=O)CNC(=O)CCC(=O)c1cc(COc2cc3c(cc2C)C(=O)N2c4ccccc4C[C@H]2C=N3)cc(COc2cc3c(cc2OC)C(=O)N2c4ccccc4C[C@H]2C=N3)c1.COc1cc2c(cc1OCc1cc(COc3cc4c(cc3C)C(=O)N3c5ccccc5C[C@H]3C=N4)cc(C(=O)O)c1)N=C[C@@H]1Cc3ccccc3N1C2=O. The number of nitrogens with two attached hydrogens (primary N) is 1. The number of hydrogen-bond donors (Lipinski definition) is 5. The average Bonchev–Trinajstić information content (AvgIpc) is 1.63. The van der Waals surface area contributed by atoms with Crippen LogP contribution < -0.4 is 69.7 Å². The fraction of sp³-hybridized carbons (Fsp3) is 0.310. The van der Waals surface area contributed by atoms with Crippen molar-refractivity contribution in [2.45, 2.75) is 177 Å². The zero-order valence-electron chi connectivity index (χ0n) is 80.6. The van der Waals surface area contributed by atoms with Crippen LogP contribution in [-0.4, -0.2) is 191 Å². The third kappa shape index (κ3) is 25.1. The van der Waals surface area contributed by atoms with Gasteiger partial charge in [0.2, 0.25) is 17.7 Å². The zero-order chi connectivity index (χ0) is 102. The number of carboxylic acid groups (broad SMARTS) is 1. The first-order chi connectivity index (χ1) is 70.1. The van der Waals surface area contributed by atoms with E-state index in [-0.39, 0.29) is 227 Å². The maximum Gasteiger partial charge on any atom is 0.335 e. The Morgan fingerprint density at radius 3 is 1.03 bits per heavy atom. The van der Waals surface area contributed by atoms with E-state index >= 15 is 0 Å². The lowest BCUT2D eigenvalue weighted by molar-refractivity contribution is -0.141. The molecule has 10 aromatic rings. The van der Waals surface area contributed by atoms with E-state index in [2.05, 4.69) is 30.4 Å². The number of para-hydroxylation sites is 4. The summed E-state index contributed by atoms with van der Waals surface area (Å²) in [6.07, 6.45) is 10.2. The fourth-order valence-electron chi connectivity index (χ4n) is 18.3. The third-order valence-corrected chi connectivity index (χ3v) is 25.8. The molecule has 10 aromatic carbocycles. The van der Waals surface area contributed by atoms with Crippen molar-refractivity contribution in [1.82, 2.24) is 16.0 Å². The molecule has 0 bridgehead atoms. The molecule has 148 heavy (non-hydrogen) atoms. The zero-order valence-corrected chi connectivity index (χ0v) is 80.6. The van der Waals surface area contributed by atoms with E-state index in [0.29, 0.717) is 139 Å². The Kier molecular flexibility index (Phi) is 35.9. The number of esters is 2. The highest BCUT2D eigenvalue weighted by molar-refractivity contribution is 6.18. The first kappa shape index (κ1) is 108. The van der Waals surface area contributed by atoms with Gasteiger partial charge in [0.25, 0.3) is 23.6 Å². The molecule has 35 heteroatoms. The number of carbonyl (C=O) groups excluding carboxylic acids is 13. The number of ketones is 4. The van der Waals surface area contributed by atoms with E-state index in [0.717, 1.165) is 50.6 Å². The van der Waals surface area contributed by atoms with Crippen molar-refractivity contribution < 1.29 is 110 Å². The normalized spacial score (nSPS) is 15.3. The van der Waals surface area contributed by atoms with Crippen LogP contribution in [0.15, 0.2) is 202 Å². The number of nitrogens with zero attached hydrogens (tertiary/aromatic N) is 8. The van der Waals surface area contributed by atoms with Crippen molar-refractivity contribution in [3.05, 3.63) is 271 Å². The lowest BCUT2D eigenvalue weighted by Crippen LogP contribution is -2.37. The lowest BCUT2D eigenvalue weighted by atomic mass is 10.0. The van der Waals surface area contributed by atoms with Crippen LogP contribution in [0.25, 0.3) is 0 Å². The maximum atomic E-state index is 14.0. The number of aliphatic imine (C=N–C) groups is 4. The van der Waals surface area contributed by atoms with Gasteiger partial charge in [-0.05, 0) is 161 Å². The predicted octanol–water partition coefficient (Wildman–Crippen LogP) is 15.5. The van der Waals surface area contributed by atoms with Crippen LogP contribution in [0.5, 0.6) is 34.5 Å². The molecular formula is C113H118N12O23. The van der Waals surface area contributed by atoms with E-state index in [1.807, 2.05) is 129 Å². The molecule has 0 fully saturated rings. The Hall–Kier alpha value is -17.0. The Morgan fingerprint density at radius 1 is 0.358 bits per heavy atom. The van der Waals surface area contributed by atoms with Gasteiger partial charge in [-0.25, -0.2) is 4.79 Å². The van der Waals surface area contributed by atoms with Gasteiger partial charge < -0.3 is 64.7 Å². The summed E-state index contributed by atoms with van der Waals surface area (Å²) < 4.78 is 45.6. The number of rotatable bonds is 37. The standard InChI is InChI=1S/C55H52N6O11.C43H34N4O7.C12H20N2O5.3CH4/c1-32-18-41-43(57-27-38-22-35-8-4-6-10-45(35)60(38)54(41)67)25-48(32)71-30-33-19-34(21-37(20-33)47(63)13-15-52(65)59-29-40(62)12-14-51(64)56-17-16-53(66)70-3)31-72-50-26-44-42(24-49(50)69-2)55(68)61-39(28-58-44)23-36-9-5-7-11-46(36)61;1-24-11-32-34(44-20-30-15-27-7-3-5-9-36(27)46(30)41(32)48)18-38(24)53-22-25-12-26(14-29(13-25)43(50)51)23-54-40-19-35-33(17-39(40)52-2)42(49)47-31(21-45-35)16-28-8-4-6-10-37(28)47;1-19-12(18)4-2-3-10(16)8-14-11(17)6-5-9(15)7-13;;;/h4-11,18-21,24-28,38-39H,12-17,22-23,29-31H2,1-3H3,(H,56,64)(H,59,65);3-14,17-21,30-31H,15-16,22-23H2,1-2H3,(H,50,51);2-8,13H2,1H3,(H,14,17);3*1H4/t38-,39-;30-,31-;;;;/m00..../s1. The Balaban J connectivity index is 0.000000212. The second-order valence-electron chi connectivity index (χ2n) is 35.7. The van der Waals surface area contributed by atoms with Gasteiger partial charge in [-0.2, -0.15) is 0 Å². The van der Waals surface area contributed by atoms with Crippen molar-refractivity contribution in [3.8, 4) is 34.5 Å². The number of aryl methyl sites for hydroxylation is 2. The minimum absolute atomic E-state index is 0. The van der Waals surface area contributed by atoms with Gasteiger partial charge in [-0.3, -0.25) is 102 Å². The van der Waals surface area contributed by atoms with Crippen LogP contribution >= 0.6 is 0 Å². The molecule has 7 amide bonds. The van der Waals surface area contributed by atoms with Crippen LogP contribution in [0.4, 0.5) is 45.5 Å². The number of aromatic carboxylic acids is 1. The molecule has 0 aromatic heterocycles. The molecular weight excluding hydrogens is 1890 g/mol. The Labute approximate surface area is 856 Å². The Morgan fingerprint density at radius 2 is 0.676 bits per heavy atom. The van der Waals surface area contributed by atoms with Gasteiger partial charge >= 0.3 is 17.9 Å². The van der Waals surface area contributed by atoms with Gasteiger partial charge in [0.15, 0.2) is 40.3 Å². The maximum absolute atomic E-state index is 14.0. The van der Waals surface area contributed by atoms with Crippen molar-refractivity contribution in [3.63, 3.8) is 0 Å². The number of hydrogen-bond acceptors (Lipinski definition) is 27. The van der Waals surface area contributed by atoms with Gasteiger partial charge in [0.1, 0.15) is 43.7 Å². The number of anilines is 4. The van der Waals surface area contributed by atoms with Crippen molar-refractivity contribution >= 4 is 153 Å². The number of methoxy groups -OCH3 is 4. The van der Waals surface area contributed by atoms with E-state index < -0.39 is 23.8 Å². The molecule has 0 saturated carbocycles. The van der Waals surface area contributed by atoms with Crippen molar-refractivity contribution in [1.29, 1.82) is 0 Å². The van der Waals surface area contributed by atoms with Crippen LogP contribution in [-0.2, 0) is 99.9 Å². The highest BCUT2D eigenvalue weighted by Gasteiger charge is 2.42. The van der Waals surface area contributed by atoms with Crippen LogP contribution in [0.1, 0.15) is 204 Å². The van der Waals surface area contributed by atoms with Gasteiger partial charge in [0.05, 0.1) is 129 Å². The van der Waals surface area contributed by atoms with Gasteiger partial charge in [0, 0.05) is 161 Å². The van der Waals surface area contributed by atoms with Gasteiger partial charge in [-0.1, -0.05) is 95.1 Å². The smallest absolute Gasteiger partial charge is 0.335 e. The van der Waals surface area contributed by atoms with Crippen LogP contribution in [0, 0.1) is 13.8 Å². The summed E-state index contributed by atoms with van der Waals surface area (Å²) in [5.74, 6) is -2.56. The highest BCUT2D eigenvalue weighted by atomic mass is 16.5. The number of carbonyl (C=O) groups is 14. The number of fused-ring (bicyclic) bond motifs is 16. The topological polar surface area (TPSA) is 458 Å². The van der Waals surface area contributed by atoms with Gasteiger partial charge in [-0.15, -0.1) is 0 Å². The summed E-state index contributed by atoms with van der Waals surface area (Å²) in [7, 11) is 5.52. The second kappa shape index (κ2) is 49.1. The number of ether oxygens (including phenoxy) is 8. The third-order valence-electron chi connectivity index (χ3n) is 25.8. The predicted molar refractivity (Wildman–Crippen MR) is 559 cm³/mol. The second-order valence-corrected chi connectivity index (χ2v) is 35.7. The number of amides is 7. The summed E-state index contributed by atoms with van der Waals surface area (Å²) >= 11 is 0. The first-order valence-corrected chi connectivity index (χ1v) is 47.4. The molecule has 0 radical (unpaired) electrons. The molecule has 0 spiro atoms. The van der Waals surface area contributed by atoms with E-state index in [1.54, 1.807) is 111 Å². The monoisotopic (exact) mass is 2010 g/mol. The quantitative estimate of drug-likeness (QED) is 0.0178. The number of carboxylic acids is 1. The molecule has 8 aliphatic heterocycles. The molecule has 18 rings (SSSR count). The number of benzene rings is 10. The van der Waals surface area contributed by atoms with Crippen LogP contribution in [0.2, 0.25) is 0 Å². The molecule has 6 N–H and O–H groups in total. The summed E-state index contributed by atoms with van der Waals surface area (Å²) in [5, 5.41) is 17.4. The summed E-state index contributed by atoms with van der Waals surface area (Å²) in [5.41, 5.74) is 20.8. The summed E-state index contributed by atoms with van der Waals surface area (Å²) in [6.45, 7) is 3.37. The molecule has 35 nitrogen and oxygen atoms in total. The van der Waals surface area contributed by atoms with E-state index in [9.17, 15) is 72.2 Å². The molecule has 0 aliphatic carbocycles. The molecule has 0 saturated heterocycles. The molecule has 0 unspecified atom stereocenters. The molecule has 8 aliphatic rings.